The largest absolute Gasteiger partial charge is 0.384 e. The number of benzene rings is 1. The Labute approximate surface area is 173 Å². The molecule has 2 N–H and O–H groups in total. The third-order valence-corrected chi connectivity index (χ3v) is 5.28. The fraction of sp³-hybridized carbons (Fsp3) is 0.500. The second-order valence-corrected chi connectivity index (χ2v) is 7.32. The number of fused-ring (bicyclic) bond motifs is 1. The summed E-state index contributed by atoms with van der Waals surface area (Å²) in [4.78, 5) is 53.0. The third-order valence-electron chi connectivity index (χ3n) is 5.28. The fourth-order valence-corrected chi connectivity index (χ4v) is 3.77. The molecule has 1 atom stereocenters. The number of hydrogen-bond acceptors (Lipinski definition) is 6. The summed E-state index contributed by atoms with van der Waals surface area (Å²) in [5.74, 6) is -2.03. The van der Waals surface area contributed by atoms with E-state index in [1.807, 2.05) is 0 Å². The van der Waals surface area contributed by atoms with Crippen molar-refractivity contribution in [2.75, 3.05) is 18.4 Å². The van der Waals surface area contributed by atoms with Crippen molar-refractivity contribution in [1.82, 2.24) is 10.2 Å². The molecule has 0 bridgehead atoms. The van der Waals surface area contributed by atoms with Crippen molar-refractivity contribution in [3.8, 4) is 0 Å². The Bertz CT molecular complexity index is 909. The molecule has 0 aliphatic carbocycles. The van der Waals surface area contributed by atoms with Crippen LogP contribution >= 0.6 is 0 Å². The molecule has 10 heteroatoms. The van der Waals surface area contributed by atoms with Crippen molar-refractivity contribution in [3.63, 3.8) is 0 Å². The number of hydrogen-bond donors (Lipinski definition) is 2. The third kappa shape index (κ3) is 4.60. The number of nitrogens with one attached hydrogen (secondary N) is 2. The van der Waals surface area contributed by atoms with Crippen molar-refractivity contribution in [2.45, 2.75) is 51.0 Å². The van der Waals surface area contributed by atoms with Gasteiger partial charge < -0.3 is 5.32 Å². The van der Waals surface area contributed by atoms with Crippen molar-refractivity contribution in [1.29, 1.82) is 0 Å². The molecule has 1 aromatic carbocycles. The Morgan fingerprint density at radius 1 is 1.10 bits per heavy atom. The molecule has 1 fully saturated rings. The van der Waals surface area contributed by atoms with Gasteiger partial charge in [0.2, 0.25) is 11.8 Å². The van der Waals surface area contributed by atoms with Crippen LogP contribution in [0.3, 0.4) is 0 Å². The molecular formula is C20H24N6O4. The molecule has 2 aliphatic heterocycles. The van der Waals surface area contributed by atoms with Gasteiger partial charge in [0.1, 0.15) is 6.04 Å². The molecule has 2 heterocycles. The van der Waals surface area contributed by atoms with Crippen LogP contribution in [0.2, 0.25) is 0 Å². The second kappa shape index (κ2) is 9.89. The van der Waals surface area contributed by atoms with Crippen LogP contribution in [0, 0.1) is 0 Å². The van der Waals surface area contributed by atoms with Gasteiger partial charge in [-0.05, 0) is 36.9 Å². The summed E-state index contributed by atoms with van der Waals surface area (Å²) in [7, 11) is 0. The number of azide groups is 1. The minimum absolute atomic E-state index is 0.0950. The first-order valence-corrected chi connectivity index (χ1v) is 10.1. The normalized spacial score (nSPS) is 18.1. The Balaban J connectivity index is 1.58. The highest BCUT2D eigenvalue weighted by Gasteiger charge is 2.45. The van der Waals surface area contributed by atoms with Crippen LogP contribution < -0.4 is 10.6 Å². The predicted octanol–water partition coefficient (Wildman–Crippen LogP) is 2.76. The summed E-state index contributed by atoms with van der Waals surface area (Å²) >= 11 is 0. The SMILES string of the molecule is [N-]=[N+]=NCCCCCCCNc1cccc2c1C(=O)N(C1CCC(=O)NC1=O)C2=O. The fourth-order valence-electron chi connectivity index (χ4n) is 3.77. The van der Waals surface area contributed by atoms with Crippen LogP contribution in [-0.4, -0.2) is 47.7 Å². The number of nitrogens with zero attached hydrogens (tertiary/aromatic N) is 4. The lowest BCUT2D eigenvalue weighted by atomic mass is 10.0. The molecule has 0 radical (unpaired) electrons. The van der Waals surface area contributed by atoms with Gasteiger partial charge >= 0.3 is 0 Å². The van der Waals surface area contributed by atoms with Crippen molar-refractivity contribution < 1.29 is 19.2 Å². The van der Waals surface area contributed by atoms with Gasteiger partial charge in [-0.25, -0.2) is 0 Å². The Kier molecular flexibility index (Phi) is 7.03. The number of imide groups is 2. The van der Waals surface area contributed by atoms with E-state index in [4.69, 9.17) is 5.53 Å². The number of anilines is 1. The molecule has 4 amide bonds. The molecule has 10 nitrogen and oxygen atoms in total. The van der Waals surface area contributed by atoms with E-state index in [0.29, 0.717) is 18.8 Å². The standard InChI is InChI=1S/C20H24N6O4/c21-25-23-12-5-3-1-2-4-11-22-14-8-6-7-13-17(14)20(30)26(19(13)29)15-9-10-16(27)24-18(15)28/h6-8,15,22H,1-5,9-12H2,(H,24,27,28). The molecule has 1 saturated heterocycles. The van der Waals surface area contributed by atoms with Gasteiger partial charge in [-0.1, -0.05) is 30.4 Å². The summed E-state index contributed by atoms with van der Waals surface area (Å²) < 4.78 is 0. The van der Waals surface area contributed by atoms with E-state index in [0.717, 1.165) is 37.0 Å². The predicted molar refractivity (Wildman–Crippen MR) is 109 cm³/mol. The van der Waals surface area contributed by atoms with Crippen LogP contribution in [0.1, 0.15) is 65.7 Å². The van der Waals surface area contributed by atoms with Gasteiger partial charge in [0.15, 0.2) is 0 Å². The maximum absolute atomic E-state index is 13.0. The minimum atomic E-state index is -0.965. The van der Waals surface area contributed by atoms with Crippen LogP contribution in [-0.2, 0) is 9.59 Å². The molecule has 1 unspecified atom stereocenters. The highest BCUT2D eigenvalue weighted by Crippen LogP contribution is 2.32. The average molecular weight is 412 g/mol. The van der Waals surface area contributed by atoms with Gasteiger partial charge in [0.05, 0.1) is 11.1 Å². The van der Waals surface area contributed by atoms with Gasteiger partial charge in [-0.15, -0.1) is 0 Å². The summed E-state index contributed by atoms with van der Waals surface area (Å²) in [5, 5.41) is 8.93. The number of carbonyl (C=O) groups is 4. The molecule has 30 heavy (non-hydrogen) atoms. The van der Waals surface area contributed by atoms with Gasteiger partial charge in [0, 0.05) is 30.1 Å². The second-order valence-electron chi connectivity index (χ2n) is 7.32. The zero-order chi connectivity index (χ0) is 21.5. The molecule has 0 aromatic heterocycles. The Morgan fingerprint density at radius 2 is 1.87 bits per heavy atom. The summed E-state index contributed by atoms with van der Waals surface area (Å²) in [6, 6.07) is 4.07. The van der Waals surface area contributed by atoms with E-state index in [1.165, 1.54) is 0 Å². The summed E-state index contributed by atoms with van der Waals surface area (Å²) in [6.45, 7) is 1.16. The van der Waals surface area contributed by atoms with E-state index >= 15 is 0 Å². The van der Waals surface area contributed by atoms with Gasteiger partial charge in [-0.2, -0.15) is 0 Å². The van der Waals surface area contributed by atoms with E-state index in [-0.39, 0.29) is 24.0 Å². The first kappa shape index (κ1) is 21.3. The lowest BCUT2D eigenvalue weighted by molar-refractivity contribution is -0.136. The van der Waals surface area contributed by atoms with E-state index in [9.17, 15) is 19.2 Å². The van der Waals surface area contributed by atoms with Crippen molar-refractivity contribution >= 4 is 29.3 Å². The number of unbranched alkanes of at least 4 members (excludes halogenated alkanes) is 4. The lowest BCUT2D eigenvalue weighted by Crippen LogP contribution is -2.54. The number of piperidine rings is 1. The molecule has 158 valence electrons. The van der Waals surface area contributed by atoms with E-state index < -0.39 is 29.7 Å². The van der Waals surface area contributed by atoms with E-state index in [1.54, 1.807) is 18.2 Å². The average Bonchev–Trinajstić information content (AvgIpc) is 2.98. The quantitative estimate of drug-likeness (QED) is 0.200. The highest BCUT2D eigenvalue weighted by molar-refractivity contribution is 6.25. The molecule has 0 saturated carbocycles. The minimum Gasteiger partial charge on any atom is -0.384 e. The monoisotopic (exact) mass is 412 g/mol. The highest BCUT2D eigenvalue weighted by atomic mass is 16.2. The number of amides is 4. The molecule has 1 aromatic rings. The topological polar surface area (TPSA) is 144 Å². The van der Waals surface area contributed by atoms with E-state index in [2.05, 4.69) is 20.7 Å². The van der Waals surface area contributed by atoms with Gasteiger partial charge in [-0.3, -0.25) is 29.4 Å². The van der Waals surface area contributed by atoms with Crippen LogP contribution in [0.15, 0.2) is 23.3 Å². The van der Waals surface area contributed by atoms with Crippen molar-refractivity contribution in [2.24, 2.45) is 5.11 Å². The zero-order valence-electron chi connectivity index (χ0n) is 16.6. The number of carbonyl (C=O) groups excluding carboxylic acids is 4. The molecule has 3 rings (SSSR count). The summed E-state index contributed by atoms with van der Waals surface area (Å²) in [6.07, 6.45) is 5.01. The maximum atomic E-state index is 13.0. The maximum Gasteiger partial charge on any atom is 0.264 e. The lowest BCUT2D eigenvalue weighted by Gasteiger charge is -2.27. The Morgan fingerprint density at radius 3 is 2.63 bits per heavy atom. The Hall–Kier alpha value is -3.39. The van der Waals surface area contributed by atoms with Gasteiger partial charge in [0.25, 0.3) is 11.8 Å². The summed E-state index contributed by atoms with van der Waals surface area (Å²) in [5.41, 5.74) is 9.36. The first-order chi connectivity index (χ1) is 14.5. The van der Waals surface area contributed by atoms with Crippen molar-refractivity contribution in [3.05, 3.63) is 39.8 Å². The van der Waals surface area contributed by atoms with Crippen LogP contribution in [0.5, 0.6) is 0 Å². The van der Waals surface area contributed by atoms with Crippen LogP contribution in [0.4, 0.5) is 5.69 Å². The molecule has 2 aliphatic rings. The number of rotatable bonds is 10. The molecular weight excluding hydrogens is 388 g/mol. The first-order valence-electron chi connectivity index (χ1n) is 10.1. The zero-order valence-corrected chi connectivity index (χ0v) is 16.6. The molecule has 0 spiro atoms. The smallest absolute Gasteiger partial charge is 0.264 e. The van der Waals surface area contributed by atoms with Crippen LogP contribution in [0.25, 0.3) is 10.4 Å².